The molecular weight excluding hydrogens is 338 g/mol. The van der Waals surface area contributed by atoms with Crippen LogP contribution in [-0.4, -0.2) is 49.1 Å². The number of ether oxygens (including phenoxy) is 1. The quantitative estimate of drug-likeness (QED) is 0.841. The second-order valence-corrected chi connectivity index (χ2v) is 6.60. The second-order valence-electron chi connectivity index (χ2n) is 6.19. The summed E-state index contributed by atoms with van der Waals surface area (Å²) in [6.07, 6.45) is 1.74. The fourth-order valence-corrected chi connectivity index (χ4v) is 3.19. The van der Waals surface area contributed by atoms with Crippen molar-refractivity contribution in [3.8, 4) is 0 Å². The van der Waals surface area contributed by atoms with Crippen LogP contribution in [0.3, 0.4) is 0 Å². The van der Waals surface area contributed by atoms with E-state index in [1.807, 2.05) is 49.2 Å². The summed E-state index contributed by atoms with van der Waals surface area (Å²) in [7, 11) is 2.00. The molecule has 0 radical (unpaired) electrons. The number of carbonyl (C=O) groups is 1. The second kappa shape index (κ2) is 7.85. The number of carbonyl (C=O) groups excluding carboxylic acids is 1. The molecule has 3 rings (SSSR count). The zero-order chi connectivity index (χ0) is 17.8. The van der Waals surface area contributed by atoms with E-state index in [9.17, 15) is 4.79 Å². The molecule has 0 atom stereocenters. The van der Waals surface area contributed by atoms with Crippen LogP contribution in [0.4, 0.5) is 5.69 Å². The third-order valence-electron chi connectivity index (χ3n) is 4.37. The summed E-state index contributed by atoms with van der Waals surface area (Å²) >= 11 is 6.20. The molecule has 1 saturated heterocycles. The van der Waals surface area contributed by atoms with E-state index in [2.05, 4.69) is 9.88 Å². The zero-order valence-electron chi connectivity index (χ0n) is 14.5. The average Bonchev–Trinajstić information content (AvgIpc) is 2.63. The number of benzene rings is 1. The van der Waals surface area contributed by atoms with Crippen LogP contribution < -0.4 is 4.90 Å². The van der Waals surface area contributed by atoms with E-state index in [0.29, 0.717) is 43.4 Å². The molecule has 1 aliphatic rings. The number of morpholine rings is 1. The zero-order valence-corrected chi connectivity index (χ0v) is 15.3. The van der Waals surface area contributed by atoms with Gasteiger partial charge in [0.25, 0.3) is 5.91 Å². The van der Waals surface area contributed by atoms with E-state index < -0.39 is 0 Å². The Hall–Kier alpha value is -2.11. The van der Waals surface area contributed by atoms with Gasteiger partial charge in [-0.3, -0.25) is 9.78 Å². The van der Waals surface area contributed by atoms with Crippen LogP contribution in [0, 0.1) is 6.92 Å². The fourth-order valence-electron chi connectivity index (χ4n) is 3.01. The highest BCUT2D eigenvalue weighted by atomic mass is 35.5. The third-order valence-corrected chi connectivity index (χ3v) is 4.72. The topological polar surface area (TPSA) is 45.7 Å². The molecule has 1 aliphatic heterocycles. The fraction of sp³-hybridized carbons (Fsp3) is 0.368. The molecule has 1 aromatic heterocycles. The van der Waals surface area contributed by atoms with E-state index in [1.165, 1.54) is 0 Å². The molecule has 1 aromatic carbocycles. The molecule has 0 unspecified atom stereocenters. The Morgan fingerprint density at radius 2 is 2.08 bits per heavy atom. The van der Waals surface area contributed by atoms with E-state index in [4.69, 9.17) is 16.3 Å². The maximum atomic E-state index is 12.6. The first-order valence-electron chi connectivity index (χ1n) is 8.34. The monoisotopic (exact) mass is 359 g/mol. The average molecular weight is 360 g/mol. The molecule has 0 bridgehead atoms. The summed E-state index contributed by atoms with van der Waals surface area (Å²) in [4.78, 5) is 20.9. The number of aryl methyl sites for hydroxylation is 1. The third kappa shape index (κ3) is 4.11. The van der Waals surface area contributed by atoms with Crippen LogP contribution in [0.1, 0.15) is 21.6 Å². The Morgan fingerprint density at radius 3 is 2.76 bits per heavy atom. The summed E-state index contributed by atoms with van der Waals surface area (Å²) < 4.78 is 5.31. The summed E-state index contributed by atoms with van der Waals surface area (Å²) in [6, 6.07) is 9.48. The molecular formula is C19H22ClN3O2. The van der Waals surface area contributed by atoms with Gasteiger partial charge < -0.3 is 14.5 Å². The molecule has 1 fully saturated rings. The first kappa shape index (κ1) is 17.7. The van der Waals surface area contributed by atoms with Crippen molar-refractivity contribution in [1.82, 2.24) is 9.88 Å². The van der Waals surface area contributed by atoms with E-state index in [1.54, 1.807) is 6.20 Å². The number of amides is 1. The van der Waals surface area contributed by atoms with Gasteiger partial charge in [0.05, 0.1) is 30.5 Å². The largest absolute Gasteiger partial charge is 0.378 e. The number of anilines is 1. The van der Waals surface area contributed by atoms with Crippen molar-refractivity contribution >= 4 is 23.2 Å². The maximum absolute atomic E-state index is 12.6. The summed E-state index contributed by atoms with van der Waals surface area (Å²) in [5.41, 5.74) is 3.65. The highest BCUT2D eigenvalue weighted by Gasteiger charge is 2.19. The molecule has 0 spiro atoms. The molecule has 0 saturated carbocycles. The Bertz CT molecular complexity index is 760. The first-order chi connectivity index (χ1) is 12.1. The number of hydrogen-bond acceptors (Lipinski definition) is 4. The van der Waals surface area contributed by atoms with Crippen LogP contribution in [0.5, 0.6) is 0 Å². The Kier molecular flexibility index (Phi) is 5.56. The lowest BCUT2D eigenvalue weighted by Crippen LogP contribution is -2.40. The van der Waals surface area contributed by atoms with Crippen LogP contribution >= 0.6 is 11.6 Å². The van der Waals surface area contributed by atoms with Gasteiger partial charge in [-0.15, -0.1) is 0 Å². The van der Waals surface area contributed by atoms with Crippen molar-refractivity contribution in [2.45, 2.75) is 13.5 Å². The van der Waals surface area contributed by atoms with Crippen LogP contribution in [-0.2, 0) is 11.3 Å². The normalized spacial score (nSPS) is 14.4. The molecule has 0 N–H and O–H groups in total. The van der Waals surface area contributed by atoms with Crippen LogP contribution in [0.2, 0.25) is 5.02 Å². The number of nitrogens with zero attached hydrogens (tertiary/aromatic N) is 3. The minimum Gasteiger partial charge on any atom is -0.378 e. The number of rotatable bonds is 4. The van der Waals surface area contributed by atoms with Gasteiger partial charge in [0.1, 0.15) is 0 Å². The smallest absolute Gasteiger partial charge is 0.254 e. The maximum Gasteiger partial charge on any atom is 0.254 e. The van der Waals surface area contributed by atoms with Gasteiger partial charge in [-0.1, -0.05) is 11.6 Å². The van der Waals surface area contributed by atoms with Gasteiger partial charge >= 0.3 is 0 Å². The van der Waals surface area contributed by atoms with E-state index in [0.717, 1.165) is 16.9 Å². The van der Waals surface area contributed by atoms with Gasteiger partial charge in [-0.2, -0.15) is 0 Å². The molecule has 132 valence electrons. The molecule has 2 aromatic rings. The van der Waals surface area contributed by atoms with Crippen molar-refractivity contribution in [3.05, 3.63) is 58.4 Å². The van der Waals surface area contributed by atoms with Gasteiger partial charge in [-0.05, 0) is 42.8 Å². The molecule has 0 aliphatic carbocycles. The van der Waals surface area contributed by atoms with Crippen LogP contribution in [0.25, 0.3) is 0 Å². The lowest BCUT2D eigenvalue weighted by Gasteiger charge is -2.27. The first-order valence-corrected chi connectivity index (χ1v) is 8.72. The lowest BCUT2D eigenvalue weighted by molar-refractivity contribution is 0.0303. The Labute approximate surface area is 153 Å². The summed E-state index contributed by atoms with van der Waals surface area (Å²) in [5, 5.41) is 0.658. The SMILES string of the molecule is Cc1cc(C(=O)N2CCOCC2)ccc1N(C)Cc1ncccc1Cl. The number of pyridine rings is 1. The highest BCUT2D eigenvalue weighted by Crippen LogP contribution is 2.24. The minimum atomic E-state index is 0.0633. The number of halogens is 1. The van der Waals surface area contributed by atoms with Gasteiger partial charge in [-0.25, -0.2) is 0 Å². The minimum absolute atomic E-state index is 0.0633. The van der Waals surface area contributed by atoms with E-state index in [-0.39, 0.29) is 5.91 Å². The summed E-state index contributed by atoms with van der Waals surface area (Å²) in [5.74, 6) is 0.0633. The van der Waals surface area contributed by atoms with Crippen LogP contribution in [0.15, 0.2) is 36.5 Å². The summed E-state index contributed by atoms with van der Waals surface area (Å²) in [6.45, 7) is 5.14. The molecule has 2 heterocycles. The molecule has 5 nitrogen and oxygen atoms in total. The molecule has 1 amide bonds. The Balaban J connectivity index is 1.75. The van der Waals surface area contributed by atoms with Gasteiger partial charge in [0, 0.05) is 37.6 Å². The molecule has 6 heteroatoms. The number of aromatic nitrogens is 1. The van der Waals surface area contributed by atoms with Crippen molar-refractivity contribution in [2.24, 2.45) is 0 Å². The predicted octanol–water partition coefficient (Wildman–Crippen LogP) is 3.15. The lowest BCUT2D eigenvalue weighted by atomic mass is 10.1. The van der Waals surface area contributed by atoms with Crippen molar-refractivity contribution in [2.75, 3.05) is 38.3 Å². The van der Waals surface area contributed by atoms with Crippen molar-refractivity contribution in [1.29, 1.82) is 0 Å². The molecule has 25 heavy (non-hydrogen) atoms. The van der Waals surface area contributed by atoms with E-state index >= 15 is 0 Å². The predicted molar refractivity (Wildman–Crippen MR) is 99.3 cm³/mol. The van der Waals surface area contributed by atoms with Crippen molar-refractivity contribution < 1.29 is 9.53 Å². The van der Waals surface area contributed by atoms with Crippen molar-refractivity contribution in [3.63, 3.8) is 0 Å². The Morgan fingerprint density at radius 1 is 1.32 bits per heavy atom. The highest BCUT2D eigenvalue weighted by molar-refractivity contribution is 6.31. The standard InChI is InChI=1S/C19H22ClN3O2/c1-14-12-15(19(24)23-8-10-25-11-9-23)5-6-18(14)22(2)13-17-16(20)4-3-7-21-17/h3-7,12H,8-11,13H2,1-2H3. The van der Waals surface area contributed by atoms with Gasteiger partial charge in [0.15, 0.2) is 0 Å². The van der Waals surface area contributed by atoms with Gasteiger partial charge in [0.2, 0.25) is 0 Å². The number of hydrogen-bond donors (Lipinski definition) is 0.